The van der Waals surface area contributed by atoms with E-state index in [4.69, 9.17) is 0 Å². The van der Waals surface area contributed by atoms with Gasteiger partial charge in [-0.05, 0) is 37.3 Å². The fourth-order valence-electron chi connectivity index (χ4n) is 2.86. The number of amides is 1. The maximum atomic E-state index is 12.9. The number of carbonyl (C=O) groups excluding carboxylic acids is 1. The molecule has 0 spiro atoms. The van der Waals surface area contributed by atoms with E-state index in [1.807, 2.05) is 55.5 Å². The minimum atomic E-state index is -0.299. The van der Waals surface area contributed by atoms with E-state index in [1.165, 1.54) is 0 Å². The smallest absolute Gasteiger partial charge is 0.267 e. The van der Waals surface area contributed by atoms with Crippen molar-refractivity contribution in [2.24, 2.45) is 5.10 Å². The summed E-state index contributed by atoms with van der Waals surface area (Å²) in [5, 5.41) is 4.99. The monoisotopic (exact) mass is 367 g/mol. The lowest BCUT2D eigenvalue weighted by Gasteiger charge is -2.09. The molecule has 6 nitrogen and oxygen atoms in total. The zero-order chi connectivity index (χ0) is 19.3. The Balaban J connectivity index is 1.72. The van der Waals surface area contributed by atoms with Gasteiger partial charge in [-0.25, -0.2) is 10.4 Å². The SMILES string of the molecule is CC(=NNC(=O)c1cc(-c2cccnc2)nc2ccccc12)c1cccnc1. The third-order valence-electron chi connectivity index (χ3n) is 4.32. The lowest BCUT2D eigenvalue weighted by atomic mass is 10.0. The number of benzene rings is 1. The van der Waals surface area contributed by atoms with Crippen LogP contribution in [0.4, 0.5) is 0 Å². The van der Waals surface area contributed by atoms with Crippen molar-refractivity contribution in [3.63, 3.8) is 0 Å². The summed E-state index contributed by atoms with van der Waals surface area (Å²) in [4.78, 5) is 25.8. The van der Waals surface area contributed by atoms with Crippen LogP contribution in [0, 0.1) is 0 Å². The highest BCUT2D eigenvalue weighted by molar-refractivity contribution is 6.08. The van der Waals surface area contributed by atoms with E-state index in [-0.39, 0.29) is 5.91 Å². The standard InChI is InChI=1S/C22H17N5O/c1-15(16-6-4-10-23-13-16)26-27-22(28)19-12-21(17-7-5-11-24-14-17)25-20-9-3-2-8-18(19)20/h2-14H,1H3,(H,27,28). The van der Waals surface area contributed by atoms with Gasteiger partial charge in [0, 0.05) is 41.3 Å². The van der Waals surface area contributed by atoms with Gasteiger partial charge in [0.05, 0.1) is 22.5 Å². The Morgan fingerprint density at radius 3 is 2.50 bits per heavy atom. The van der Waals surface area contributed by atoms with Crippen molar-refractivity contribution in [1.29, 1.82) is 0 Å². The number of nitrogens with one attached hydrogen (secondary N) is 1. The number of fused-ring (bicyclic) bond motifs is 1. The van der Waals surface area contributed by atoms with Crippen molar-refractivity contribution in [2.75, 3.05) is 0 Å². The number of hydrogen-bond acceptors (Lipinski definition) is 5. The first-order valence-corrected chi connectivity index (χ1v) is 8.77. The summed E-state index contributed by atoms with van der Waals surface area (Å²) in [6.45, 7) is 1.82. The van der Waals surface area contributed by atoms with E-state index in [0.29, 0.717) is 17.0 Å². The Labute approximate surface area is 162 Å². The lowest BCUT2D eigenvalue weighted by Crippen LogP contribution is -2.20. The van der Waals surface area contributed by atoms with Gasteiger partial charge in [0.2, 0.25) is 0 Å². The average Bonchev–Trinajstić information content (AvgIpc) is 2.77. The second-order valence-electron chi connectivity index (χ2n) is 6.19. The predicted molar refractivity (Wildman–Crippen MR) is 109 cm³/mol. The third-order valence-corrected chi connectivity index (χ3v) is 4.32. The molecular weight excluding hydrogens is 350 g/mol. The van der Waals surface area contributed by atoms with Gasteiger partial charge >= 0.3 is 0 Å². The largest absolute Gasteiger partial charge is 0.272 e. The van der Waals surface area contributed by atoms with Crippen molar-refractivity contribution in [3.05, 3.63) is 90.5 Å². The summed E-state index contributed by atoms with van der Waals surface area (Å²) in [5.74, 6) is -0.299. The number of rotatable bonds is 4. The summed E-state index contributed by atoms with van der Waals surface area (Å²) < 4.78 is 0. The van der Waals surface area contributed by atoms with Crippen LogP contribution in [0.15, 0.2) is 84.5 Å². The third kappa shape index (κ3) is 3.61. The molecule has 1 N–H and O–H groups in total. The van der Waals surface area contributed by atoms with E-state index < -0.39 is 0 Å². The van der Waals surface area contributed by atoms with E-state index in [2.05, 4.69) is 25.5 Å². The highest BCUT2D eigenvalue weighted by Crippen LogP contribution is 2.24. The highest BCUT2D eigenvalue weighted by Gasteiger charge is 2.14. The van der Waals surface area contributed by atoms with Gasteiger partial charge in [-0.15, -0.1) is 0 Å². The average molecular weight is 367 g/mol. The van der Waals surface area contributed by atoms with Gasteiger partial charge in [-0.1, -0.05) is 24.3 Å². The molecule has 4 rings (SSSR count). The number of aromatic nitrogens is 3. The number of para-hydroxylation sites is 1. The molecule has 0 bridgehead atoms. The van der Waals surface area contributed by atoms with Gasteiger partial charge in [0.25, 0.3) is 5.91 Å². The van der Waals surface area contributed by atoms with Crippen LogP contribution in [0.2, 0.25) is 0 Å². The molecule has 0 fully saturated rings. The predicted octanol–water partition coefficient (Wildman–Crippen LogP) is 3.85. The summed E-state index contributed by atoms with van der Waals surface area (Å²) in [6, 6.07) is 16.8. The molecule has 3 heterocycles. The van der Waals surface area contributed by atoms with Gasteiger partial charge in [-0.2, -0.15) is 5.10 Å². The Bertz CT molecular complexity index is 1160. The fraction of sp³-hybridized carbons (Fsp3) is 0.0455. The quantitative estimate of drug-likeness (QED) is 0.439. The molecule has 4 aromatic rings. The number of hydrogen-bond donors (Lipinski definition) is 1. The summed E-state index contributed by atoms with van der Waals surface area (Å²) in [5.41, 5.74) is 6.94. The van der Waals surface area contributed by atoms with Crippen LogP contribution in [-0.4, -0.2) is 26.6 Å². The van der Waals surface area contributed by atoms with Crippen molar-refractivity contribution in [1.82, 2.24) is 20.4 Å². The lowest BCUT2D eigenvalue weighted by molar-refractivity contribution is 0.0956. The van der Waals surface area contributed by atoms with Crippen molar-refractivity contribution in [3.8, 4) is 11.3 Å². The summed E-state index contributed by atoms with van der Waals surface area (Å²) >= 11 is 0. The summed E-state index contributed by atoms with van der Waals surface area (Å²) in [6.07, 6.45) is 6.82. The topological polar surface area (TPSA) is 80.1 Å². The van der Waals surface area contributed by atoms with Crippen LogP contribution in [0.5, 0.6) is 0 Å². The minimum Gasteiger partial charge on any atom is -0.267 e. The van der Waals surface area contributed by atoms with Crippen LogP contribution >= 0.6 is 0 Å². The Morgan fingerprint density at radius 2 is 1.75 bits per heavy atom. The van der Waals surface area contributed by atoms with E-state index in [0.717, 1.165) is 22.0 Å². The maximum Gasteiger partial charge on any atom is 0.272 e. The first kappa shape index (κ1) is 17.5. The van der Waals surface area contributed by atoms with Crippen molar-refractivity contribution in [2.45, 2.75) is 6.92 Å². The number of hydrazone groups is 1. The molecule has 1 amide bonds. The van der Waals surface area contributed by atoms with Crippen LogP contribution < -0.4 is 5.43 Å². The van der Waals surface area contributed by atoms with Gasteiger partial charge in [0.15, 0.2) is 0 Å². The van der Waals surface area contributed by atoms with E-state index in [9.17, 15) is 4.79 Å². The highest BCUT2D eigenvalue weighted by atomic mass is 16.2. The molecule has 3 aromatic heterocycles. The molecule has 6 heteroatoms. The second kappa shape index (κ2) is 7.75. The molecule has 0 saturated carbocycles. The van der Waals surface area contributed by atoms with E-state index >= 15 is 0 Å². The minimum absolute atomic E-state index is 0.299. The number of nitrogens with zero attached hydrogens (tertiary/aromatic N) is 4. The van der Waals surface area contributed by atoms with Gasteiger partial charge in [0.1, 0.15) is 0 Å². The van der Waals surface area contributed by atoms with Gasteiger partial charge in [-0.3, -0.25) is 14.8 Å². The Hall–Kier alpha value is -3.93. The summed E-state index contributed by atoms with van der Waals surface area (Å²) in [7, 11) is 0. The molecule has 136 valence electrons. The Morgan fingerprint density at radius 1 is 0.964 bits per heavy atom. The van der Waals surface area contributed by atoms with Crippen LogP contribution in [0.25, 0.3) is 22.2 Å². The molecule has 1 aromatic carbocycles. The van der Waals surface area contributed by atoms with Crippen molar-refractivity contribution < 1.29 is 4.79 Å². The first-order chi connectivity index (χ1) is 13.7. The Kier molecular flexibility index (Phi) is 4.84. The maximum absolute atomic E-state index is 12.9. The molecule has 0 atom stereocenters. The van der Waals surface area contributed by atoms with Crippen LogP contribution in [0.3, 0.4) is 0 Å². The zero-order valence-electron chi connectivity index (χ0n) is 15.2. The van der Waals surface area contributed by atoms with Gasteiger partial charge < -0.3 is 0 Å². The number of carbonyl (C=O) groups is 1. The molecule has 0 aliphatic carbocycles. The molecular formula is C22H17N5O. The molecule has 0 radical (unpaired) electrons. The molecule has 0 aliphatic rings. The van der Waals surface area contributed by atoms with Crippen molar-refractivity contribution >= 4 is 22.5 Å². The number of pyridine rings is 3. The fourth-order valence-corrected chi connectivity index (χ4v) is 2.86. The molecule has 0 saturated heterocycles. The molecule has 0 unspecified atom stereocenters. The molecule has 28 heavy (non-hydrogen) atoms. The first-order valence-electron chi connectivity index (χ1n) is 8.77. The van der Waals surface area contributed by atoms with Crippen LogP contribution in [-0.2, 0) is 0 Å². The van der Waals surface area contributed by atoms with E-state index in [1.54, 1.807) is 30.9 Å². The molecule has 0 aliphatic heterocycles. The zero-order valence-corrected chi connectivity index (χ0v) is 15.2. The van der Waals surface area contributed by atoms with Crippen LogP contribution in [0.1, 0.15) is 22.8 Å². The normalized spacial score (nSPS) is 11.4. The second-order valence-corrected chi connectivity index (χ2v) is 6.19.